The molecule has 0 radical (unpaired) electrons. The first-order valence-electron chi connectivity index (χ1n) is 6.62. The molecule has 0 amide bonds. The smallest absolute Gasteiger partial charge is 0.168 e. The zero-order valence-corrected chi connectivity index (χ0v) is 11.6. The lowest BCUT2D eigenvalue weighted by Crippen LogP contribution is -2.24. The van der Waals surface area contributed by atoms with Gasteiger partial charge < -0.3 is 15.4 Å². The maximum atomic E-state index is 6.01. The van der Waals surface area contributed by atoms with Gasteiger partial charge in [-0.05, 0) is 18.2 Å². The van der Waals surface area contributed by atoms with Crippen molar-refractivity contribution in [3.05, 3.63) is 36.2 Å². The van der Waals surface area contributed by atoms with E-state index in [2.05, 4.69) is 26.7 Å². The lowest BCUT2D eigenvalue weighted by molar-refractivity contribution is 0.208. The highest BCUT2D eigenvalue weighted by Gasteiger charge is 2.23. The molecule has 2 aliphatic rings. The fourth-order valence-corrected chi connectivity index (χ4v) is 3.30. The van der Waals surface area contributed by atoms with Crippen molar-refractivity contribution in [2.24, 2.45) is 0 Å². The number of anilines is 2. The summed E-state index contributed by atoms with van der Waals surface area (Å²) in [6.45, 7) is 1.69. The van der Waals surface area contributed by atoms with E-state index < -0.39 is 0 Å². The van der Waals surface area contributed by atoms with Gasteiger partial charge in [0.15, 0.2) is 11.6 Å². The molecule has 0 saturated carbocycles. The summed E-state index contributed by atoms with van der Waals surface area (Å²) < 4.78 is 6.01. The molecule has 0 aliphatic carbocycles. The van der Waals surface area contributed by atoms with Crippen molar-refractivity contribution in [3.8, 4) is 5.75 Å². The number of fused-ring (bicyclic) bond motifs is 2. The second kappa shape index (κ2) is 4.86. The molecule has 0 bridgehead atoms. The van der Waals surface area contributed by atoms with Crippen molar-refractivity contribution in [1.82, 2.24) is 9.97 Å². The molecule has 0 saturated heterocycles. The summed E-state index contributed by atoms with van der Waals surface area (Å²) in [5.74, 6) is 3.67. The molecule has 1 atom stereocenters. The standard InChI is InChI=1S/C14H14N4OS/c1-2-10-13(15-3-1)18-8-11(19-10)9-6-12-14(17-7-9)16-4-5-20-12/h1-3,6-7,11H,4-5,8H2,(H,15,18)(H,16,17). The number of pyridine rings is 2. The van der Waals surface area contributed by atoms with E-state index in [9.17, 15) is 0 Å². The van der Waals surface area contributed by atoms with Gasteiger partial charge in [0.25, 0.3) is 0 Å². The third-order valence-corrected chi connectivity index (χ3v) is 4.42. The van der Waals surface area contributed by atoms with Crippen LogP contribution >= 0.6 is 11.8 Å². The Hall–Kier alpha value is -1.95. The molecule has 0 aromatic carbocycles. The summed E-state index contributed by atoms with van der Waals surface area (Å²) in [4.78, 5) is 9.95. The summed E-state index contributed by atoms with van der Waals surface area (Å²) in [6.07, 6.45) is 3.64. The van der Waals surface area contributed by atoms with E-state index >= 15 is 0 Å². The minimum Gasteiger partial charge on any atom is -0.480 e. The Kier molecular flexibility index (Phi) is 2.88. The highest BCUT2D eigenvalue weighted by molar-refractivity contribution is 7.99. The van der Waals surface area contributed by atoms with Gasteiger partial charge in [-0.1, -0.05) is 0 Å². The predicted octanol–water partition coefficient (Wildman–Crippen LogP) is 2.54. The molecule has 0 fully saturated rings. The Labute approximate surface area is 121 Å². The maximum Gasteiger partial charge on any atom is 0.168 e. The molecular formula is C14H14N4OS. The van der Waals surface area contributed by atoms with Crippen molar-refractivity contribution in [2.75, 3.05) is 29.5 Å². The molecule has 2 aliphatic heterocycles. The molecule has 2 aromatic heterocycles. The molecule has 5 nitrogen and oxygen atoms in total. The molecule has 4 rings (SSSR count). The molecule has 102 valence electrons. The van der Waals surface area contributed by atoms with E-state index in [1.54, 1.807) is 6.20 Å². The monoisotopic (exact) mass is 286 g/mol. The van der Waals surface area contributed by atoms with Gasteiger partial charge in [0.1, 0.15) is 11.9 Å². The molecule has 1 unspecified atom stereocenters. The second-order valence-corrected chi connectivity index (χ2v) is 5.86. The van der Waals surface area contributed by atoms with Crippen molar-refractivity contribution >= 4 is 23.4 Å². The zero-order valence-electron chi connectivity index (χ0n) is 10.8. The quantitative estimate of drug-likeness (QED) is 0.840. The van der Waals surface area contributed by atoms with E-state index in [1.165, 1.54) is 4.90 Å². The number of hydrogen-bond donors (Lipinski definition) is 2. The average Bonchev–Trinajstić information content (AvgIpc) is 2.54. The number of nitrogens with one attached hydrogen (secondary N) is 2. The topological polar surface area (TPSA) is 59.1 Å². The molecular weight excluding hydrogens is 272 g/mol. The summed E-state index contributed by atoms with van der Waals surface area (Å²) in [5, 5.41) is 6.61. The predicted molar refractivity (Wildman–Crippen MR) is 79.5 cm³/mol. The Morgan fingerprint density at radius 3 is 3.25 bits per heavy atom. The maximum absolute atomic E-state index is 6.01. The number of nitrogens with zero attached hydrogens (tertiary/aromatic N) is 2. The molecule has 2 N–H and O–H groups in total. The van der Waals surface area contributed by atoms with Crippen LogP contribution in [0.3, 0.4) is 0 Å². The summed E-state index contributed by atoms with van der Waals surface area (Å²) in [6, 6.07) is 5.99. The first-order valence-corrected chi connectivity index (χ1v) is 7.61. The van der Waals surface area contributed by atoms with Gasteiger partial charge in [0.05, 0.1) is 11.4 Å². The van der Waals surface area contributed by atoms with Crippen LogP contribution in [0.1, 0.15) is 11.7 Å². The lowest BCUT2D eigenvalue weighted by Gasteiger charge is -2.27. The first kappa shape index (κ1) is 11.8. The lowest BCUT2D eigenvalue weighted by atomic mass is 10.1. The Balaban J connectivity index is 1.63. The molecule has 6 heteroatoms. The van der Waals surface area contributed by atoms with Crippen LogP contribution < -0.4 is 15.4 Å². The minimum absolute atomic E-state index is 0.0213. The average molecular weight is 286 g/mol. The van der Waals surface area contributed by atoms with Crippen LogP contribution in [0.2, 0.25) is 0 Å². The van der Waals surface area contributed by atoms with Gasteiger partial charge in [-0.15, -0.1) is 11.8 Å². The van der Waals surface area contributed by atoms with E-state index in [0.29, 0.717) is 6.54 Å². The zero-order chi connectivity index (χ0) is 13.4. The number of hydrogen-bond acceptors (Lipinski definition) is 6. The third kappa shape index (κ3) is 2.06. The first-order chi connectivity index (χ1) is 9.90. The Morgan fingerprint density at radius 1 is 1.25 bits per heavy atom. The second-order valence-electron chi connectivity index (χ2n) is 4.73. The summed E-state index contributed by atoms with van der Waals surface area (Å²) in [5.41, 5.74) is 1.10. The van der Waals surface area contributed by atoms with E-state index in [4.69, 9.17) is 4.74 Å². The van der Waals surface area contributed by atoms with E-state index in [-0.39, 0.29) is 6.10 Å². The fraction of sp³-hybridized carbons (Fsp3) is 0.286. The van der Waals surface area contributed by atoms with Crippen LogP contribution in [-0.2, 0) is 0 Å². The normalized spacial score (nSPS) is 19.9. The Bertz CT molecular complexity index is 649. The molecule has 0 spiro atoms. The van der Waals surface area contributed by atoms with E-state index in [1.807, 2.05) is 30.1 Å². The summed E-state index contributed by atoms with van der Waals surface area (Å²) in [7, 11) is 0. The highest BCUT2D eigenvalue weighted by atomic mass is 32.2. The van der Waals surface area contributed by atoms with Crippen LogP contribution in [0.5, 0.6) is 5.75 Å². The van der Waals surface area contributed by atoms with Crippen molar-refractivity contribution in [1.29, 1.82) is 0 Å². The van der Waals surface area contributed by atoms with Crippen LogP contribution in [0.4, 0.5) is 11.6 Å². The molecule has 2 aromatic rings. The molecule has 4 heterocycles. The minimum atomic E-state index is -0.0213. The van der Waals surface area contributed by atoms with Gasteiger partial charge in [-0.2, -0.15) is 0 Å². The largest absolute Gasteiger partial charge is 0.480 e. The van der Waals surface area contributed by atoms with Crippen LogP contribution in [0.25, 0.3) is 0 Å². The van der Waals surface area contributed by atoms with Crippen LogP contribution in [0, 0.1) is 0 Å². The number of thioether (sulfide) groups is 1. The van der Waals surface area contributed by atoms with Gasteiger partial charge in [0, 0.05) is 30.3 Å². The highest BCUT2D eigenvalue weighted by Crippen LogP contribution is 2.35. The summed E-state index contributed by atoms with van der Waals surface area (Å²) >= 11 is 1.84. The number of rotatable bonds is 1. The SMILES string of the molecule is c1cnc2c(c1)OC(c1cnc3c(c1)SCCN3)CN2. The van der Waals surface area contributed by atoms with Crippen LogP contribution in [0.15, 0.2) is 35.5 Å². The van der Waals surface area contributed by atoms with Crippen LogP contribution in [-0.4, -0.2) is 28.8 Å². The Morgan fingerprint density at radius 2 is 2.25 bits per heavy atom. The number of ether oxygens (including phenoxy) is 1. The van der Waals surface area contributed by atoms with Gasteiger partial charge in [-0.3, -0.25) is 0 Å². The number of aromatic nitrogens is 2. The van der Waals surface area contributed by atoms with Crippen molar-refractivity contribution in [3.63, 3.8) is 0 Å². The van der Waals surface area contributed by atoms with Crippen molar-refractivity contribution in [2.45, 2.75) is 11.0 Å². The third-order valence-electron chi connectivity index (χ3n) is 3.39. The van der Waals surface area contributed by atoms with Gasteiger partial charge in [0.2, 0.25) is 0 Å². The van der Waals surface area contributed by atoms with Gasteiger partial charge >= 0.3 is 0 Å². The fourth-order valence-electron chi connectivity index (χ4n) is 2.40. The van der Waals surface area contributed by atoms with Gasteiger partial charge in [-0.25, -0.2) is 9.97 Å². The van der Waals surface area contributed by atoms with E-state index in [0.717, 1.165) is 35.2 Å². The molecule has 20 heavy (non-hydrogen) atoms. The van der Waals surface area contributed by atoms with Crippen molar-refractivity contribution < 1.29 is 4.74 Å².